The highest BCUT2D eigenvalue weighted by Gasteiger charge is 2.08. The lowest BCUT2D eigenvalue weighted by atomic mass is 10.1. The number of H-pyrrole nitrogens is 1. The predicted molar refractivity (Wildman–Crippen MR) is 70.9 cm³/mol. The fraction of sp³-hybridized carbons (Fsp3) is 0.214. The Bertz CT molecular complexity index is 617. The van der Waals surface area contributed by atoms with Gasteiger partial charge >= 0.3 is 5.97 Å². The summed E-state index contributed by atoms with van der Waals surface area (Å²) in [6.45, 7) is 2.34. The molecule has 0 saturated carbocycles. The molecule has 98 valence electrons. The van der Waals surface area contributed by atoms with Gasteiger partial charge in [-0.25, -0.2) is 9.78 Å². The molecule has 1 aromatic heterocycles. The van der Waals surface area contributed by atoms with Crippen LogP contribution in [0.2, 0.25) is 0 Å². The molecule has 1 aromatic carbocycles. The summed E-state index contributed by atoms with van der Waals surface area (Å²) in [6.07, 6.45) is 3.61. The number of aromatic amines is 1. The first kappa shape index (κ1) is 13.0. The summed E-state index contributed by atoms with van der Waals surface area (Å²) in [7, 11) is 0. The smallest absolute Gasteiger partial charge is 0.338 e. The van der Waals surface area contributed by atoms with Gasteiger partial charge in [-0.1, -0.05) is 19.1 Å². The molecule has 0 saturated heterocycles. The van der Waals surface area contributed by atoms with E-state index in [0.29, 0.717) is 23.3 Å². The summed E-state index contributed by atoms with van der Waals surface area (Å²) in [6, 6.07) is 6.68. The van der Waals surface area contributed by atoms with Gasteiger partial charge in [0.15, 0.2) is 0 Å². The van der Waals surface area contributed by atoms with Crippen LogP contribution in [0.5, 0.6) is 0 Å². The van der Waals surface area contributed by atoms with E-state index >= 15 is 0 Å². The molecule has 0 fully saturated rings. The third-order valence-corrected chi connectivity index (χ3v) is 2.59. The Kier molecular flexibility index (Phi) is 4.07. The third-order valence-electron chi connectivity index (χ3n) is 2.59. The first-order valence-electron chi connectivity index (χ1n) is 6.02. The van der Waals surface area contributed by atoms with Crippen LogP contribution in [0.4, 0.5) is 0 Å². The van der Waals surface area contributed by atoms with Gasteiger partial charge in [0.1, 0.15) is 0 Å². The molecule has 0 amide bonds. The minimum absolute atomic E-state index is 0.212. The van der Waals surface area contributed by atoms with Gasteiger partial charge in [-0.3, -0.25) is 4.79 Å². The second-order valence-electron chi connectivity index (χ2n) is 4.01. The molecule has 0 aliphatic rings. The molecule has 0 radical (unpaired) electrons. The summed E-state index contributed by atoms with van der Waals surface area (Å²) in [5.41, 5.74) is 1.44. The maximum Gasteiger partial charge on any atom is 0.338 e. The fourth-order valence-corrected chi connectivity index (χ4v) is 1.61. The molecule has 1 N–H and O–H groups in total. The second-order valence-corrected chi connectivity index (χ2v) is 4.01. The molecule has 0 aliphatic carbocycles. The molecule has 5 nitrogen and oxygen atoms in total. The lowest BCUT2D eigenvalue weighted by Gasteiger charge is -2.04. The topological polar surface area (TPSA) is 72.0 Å². The van der Waals surface area contributed by atoms with Gasteiger partial charge in [-0.15, -0.1) is 0 Å². The highest BCUT2D eigenvalue weighted by Crippen LogP contribution is 2.15. The van der Waals surface area contributed by atoms with Crippen LogP contribution >= 0.6 is 0 Å². The van der Waals surface area contributed by atoms with Gasteiger partial charge in [-0.2, -0.15) is 0 Å². The van der Waals surface area contributed by atoms with Gasteiger partial charge in [0.25, 0.3) is 5.56 Å². The van der Waals surface area contributed by atoms with Gasteiger partial charge in [0.2, 0.25) is 0 Å². The normalized spacial score (nSPS) is 10.2. The van der Waals surface area contributed by atoms with Crippen molar-refractivity contribution in [3.05, 3.63) is 52.7 Å². The van der Waals surface area contributed by atoms with Crippen LogP contribution in [0.15, 0.2) is 41.6 Å². The average molecular weight is 258 g/mol. The highest BCUT2D eigenvalue weighted by molar-refractivity contribution is 5.90. The first-order chi connectivity index (χ1) is 9.22. The molecule has 0 bridgehead atoms. The number of nitrogens with one attached hydrogen (secondary N) is 1. The summed E-state index contributed by atoms with van der Waals surface area (Å²) < 4.78 is 5.03. The lowest BCUT2D eigenvalue weighted by molar-refractivity contribution is 0.0505. The van der Waals surface area contributed by atoms with Gasteiger partial charge in [0, 0.05) is 6.20 Å². The van der Waals surface area contributed by atoms with Crippen LogP contribution < -0.4 is 5.56 Å². The van der Waals surface area contributed by atoms with Crippen LogP contribution in [0.3, 0.4) is 0 Å². The Labute approximate surface area is 110 Å². The van der Waals surface area contributed by atoms with Crippen LogP contribution in [-0.2, 0) is 4.74 Å². The Morgan fingerprint density at radius 1 is 1.32 bits per heavy atom. The Morgan fingerprint density at radius 2 is 2.05 bits per heavy atom. The van der Waals surface area contributed by atoms with Gasteiger partial charge < -0.3 is 9.72 Å². The predicted octanol–water partition coefficient (Wildman–Crippen LogP) is 2.00. The van der Waals surface area contributed by atoms with Crippen LogP contribution in [-0.4, -0.2) is 22.5 Å². The van der Waals surface area contributed by atoms with Gasteiger partial charge in [-0.05, 0) is 24.1 Å². The van der Waals surface area contributed by atoms with E-state index in [1.807, 2.05) is 6.92 Å². The molecule has 2 aromatic rings. The number of hydrogen-bond donors (Lipinski definition) is 1. The lowest BCUT2D eigenvalue weighted by Crippen LogP contribution is -2.09. The molecule has 0 unspecified atom stereocenters. The van der Waals surface area contributed by atoms with Crippen molar-refractivity contribution in [1.29, 1.82) is 0 Å². The SMILES string of the molecule is CCCOC(=O)c1ccc(-c2cnc[nH]c2=O)cc1. The van der Waals surface area contributed by atoms with Crippen molar-refractivity contribution in [2.24, 2.45) is 0 Å². The molecule has 1 heterocycles. The van der Waals surface area contributed by atoms with Crippen molar-refractivity contribution in [1.82, 2.24) is 9.97 Å². The van der Waals surface area contributed by atoms with Crippen molar-refractivity contribution in [2.75, 3.05) is 6.61 Å². The highest BCUT2D eigenvalue weighted by atomic mass is 16.5. The fourth-order valence-electron chi connectivity index (χ4n) is 1.61. The largest absolute Gasteiger partial charge is 0.462 e. The Morgan fingerprint density at radius 3 is 2.68 bits per heavy atom. The summed E-state index contributed by atoms with van der Waals surface area (Å²) in [5, 5.41) is 0. The molecular formula is C14H14N2O3. The summed E-state index contributed by atoms with van der Waals surface area (Å²) in [4.78, 5) is 29.6. The number of carbonyl (C=O) groups excluding carboxylic acids is 1. The third kappa shape index (κ3) is 3.07. The number of hydrogen-bond acceptors (Lipinski definition) is 4. The molecule has 0 aliphatic heterocycles. The molecule has 0 atom stereocenters. The zero-order valence-corrected chi connectivity index (χ0v) is 10.6. The van der Waals surface area contributed by atoms with Crippen molar-refractivity contribution >= 4 is 5.97 Å². The number of carbonyl (C=O) groups is 1. The summed E-state index contributed by atoms with van der Waals surface area (Å²) in [5.74, 6) is -0.353. The number of nitrogens with zero attached hydrogens (tertiary/aromatic N) is 1. The number of rotatable bonds is 4. The molecule has 0 spiro atoms. The van der Waals surface area contributed by atoms with Crippen molar-refractivity contribution in [2.45, 2.75) is 13.3 Å². The van der Waals surface area contributed by atoms with Crippen LogP contribution in [0, 0.1) is 0 Å². The maximum absolute atomic E-state index is 11.6. The average Bonchev–Trinajstić information content (AvgIpc) is 2.45. The van der Waals surface area contributed by atoms with E-state index in [1.54, 1.807) is 24.3 Å². The molecule has 19 heavy (non-hydrogen) atoms. The van der Waals surface area contributed by atoms with Gasteiger partial charge in [0.05, 0.1) is 24.1 Å². The van der Waals surface area contributed by atoms with E-state index < -0.39 is 0 Å². The quantitative estimate of drug-likeness (QED) is 0.851. The maximum atomic E-state index is 11.6. The minimum Gasteiger partial charge on any atom is -0.462 e. The van der Waals surface area contributed by atoms with Crippen LogP contribution in [0.25, 0.3) is 11.1 Å². The Hall–Kier alpha value is -2.43. The van der Waals surface area contributed by atoms with Crippen molar-refractivity contribution < 1.29 is 9.53 Å². The van der Waals surface area contributed by atoms with Crippen LogP contribution in [0.1, 0.15) is 23.7 Å². The van der Waals surface area contributed by atoms with E-state index in [1.165, 1.54) is 12.5 Å². The van der Waals surface area contributed by atoms with Crippen molar-refractivity contribution in [3.8, 4) is 11.1 Å². The number of aromatic nitrogens is 2. The number of benzene rings is 1. The zero-order valence-electron chi connectivity index (χ0n) is 10.6. The minimum atomic E-state index is -0.353. The van der Waals surface area contributed by atoms with E-state index in [2.05, 4.69) is 9.97 Å². The standard InChI is InChI=1S/C14H14N2O3/c1-2-7-19-14(18)11-5-3-10(4-6-11)12-8-15-9-16-13(12)17/h3-6,8-9H,2,7H2,1H3,(H,15,16,17). The Balaban J connectivity index is 2.22. The second kappa shape index (κ2) is 5.95. The summed E-state index contributed by atoms with van der Waals surface area (Å²) >= 11 is 0. The monoisotopic (exact) mass is 258 g/mol. The zero-order chi connectivity index (χ0) is 13.7. The van der Waals surface area contributed by atoms with Crippen molar-refractivity contribution in [3.63, 3.8) is 0 Å². The molecule has 2 rings (SSSR count). The van der Waals surface area contributed by atoms with E-state index in [9.17, 15) is 9.59 Å². The number of esters is 1. The molecule has 5 heteroatoms. The van der Waals surface area contributed by atoms with E-state index in [-0.39, 0.29) is 11.5 Å². The van der Waals surface area contributed by atoms with E-state index in [0.717, 1.165) is 6.42 Å². The molecular weight excluding hydrogens is 244 g/mol. The number of ether oxygens (including phenoxy) is 1. The first-order valence-corrected chi connectivity index (χ1v) is 6.02. The van der Waals surface area contributed by atoms with E-state index in [4.69, 9.17) is 4.74 Å².